The van der Waals surface area contributed by atoms with Gasteiger partial charge in [-0.1, -0.05) is 6.07 Å². The molecule has 0 unspecified atom stereocenters. The summed E-state index contributed by atoms with van der Waals surface area (Å²) in [6, 6.07) is 6.00. The van der Waals surface area contributed by atoms with Crippen molar-refractivity contribution in [3.05, 3.63) is 24.3 Å². The molecule has 0 aromatic heterocycles. The Morgan fingerprint density at radius 1 is 1.18 bits per heavy atom. The van der Waals surface area contributed by atoms with Crippen LogP contribution in [0.15, 0.2) is 24.3 Å². The van der Waals surface area contributed by atoms with Gasteiger partial charge in [-0.25, -0.2) is 9.59 Å². The van der Waals surface area contributed by atoms with Crippen LogP contribution in [0.5, 0.6) is 0 Å². The number of hydrogen-bond donors (Lipinski definition) is 3. The molecule has 0 aliphatic heterocycles. The van der Waals surface area contributed by atoms with Crippen molar-refractivity contribution in [3.63, 3.8) is 0 Å². The summed E-state index contributed by atoms with van der Waals surface area (Å²) in [5.74, 6) is -2.74. The van der Waals surface area contributed by atoms with Crippen molar-refractivity contribution in [2.45, 2.75) is 0 Å². The van der Waals surface area contributed by atoms with Crippen LogP contribution in [0.4, 0.5) is 16.2 Å². The number of carboxylic acid groups (broad SMARTS) is 1. The highest BCUT2D eigenvalue weighted by Crippen LogP contribution is 2.15. The summed E-state index contributed by atoms with van der Waals surface area (Å²) >= 11 is 0. The third kappa shape index (κ3) is 3.82. The van der Waals surface area contributed by atoms with Crippen molar-refractivity contribution in [2.75, 3.05) is 17.7 Å². The molecule has 17 heavy (non-hydrogen) atoms. The molecule has 1 rings (SSSR count). The molecule has 0 heterocycles. The second kappa shape index (κ2) is 5.50. The fourth-order valence-electron chi connectivity index (χ4n) is 1.03. The van der Waals surface area contributed by atoms with E-state index in [1.54, 1.807) is 12.1 Å². The number of methoxy groups -OCH3 is 1. The largest absolute Gasteiger partial charge is 0.474 e. The first kappa shape index (κ1) is 12.5. The first-order chi connectivity index (χ1) is 8.02. The lowest BCUT2D eigenvalue weighted by Crippen LogP contribution is -2.21. The summed E-state index contributed by atoms with van der Waals surface area (Å²) in [6.07, 6.45) is -0.660. The SMILES string of the molecule is COC(=O)Nc1cccc(NC(=O)C(=O)O)c1. The van der Waals surface area contributed by atoms with Gasteiger partial charge in [0.2, 0.25) is 0 Å². The van der Waals surface area contributed by atoms with E-state index in [1.807, 2.05) is 0 Å². The predicted octanol–water partition coefficient (Wildman–Crippen LogP) is 0.888. The Hall–Kier alpha value is -2.57. The maximum atomic E-state index is 10.9. The van der Waals surface area contributed by atoms with Gasteiger partial charge in [-0.15, -0.1) is 0 Å². The maximum Gasteiger partial charge on any atom is 0.411 e. The van der Waals surface area contributed by atoms with Gasteiger partial charge >= 0.3 is 18.0 Å². The van der Waals surface area contributed by atoms with Crippen LogP contribution in [0.3, 0.4) is 0 Å². The molecular formula is C10H10N2O5. The highest BCUT2D eigenvalue weighted by molar-refractivity contribution is 6.36. The third-order valence-electron chi connectivity index (χ3n) is 1.75. The van der Waals surface area contributed by atoms with Crippen molar-refractivity contribution in [1.82, 2.24) is 0 Å². The van der Waals surface area contributed by atoms with E-state index in [1.165, 1.54) is 19.2 Å². The number of nitrogens with one attached hydrogen (secondary N) is 2. The van der Waals surface area contributed by atoms with E-state index in [2.05, 4.69) is 15.4 Å². The fraction of sp³-hybridized carbons (Fsp3) is 0.100. The minimum Gasteiger partial charge on any atom is -0.474 e. The molecule has 0 saturated carbocycles. The summed E-state index contributed by atoms with van der Waals surface area (Å²) in [6.45, 7) is 0. The number of rotatable bonds is 2. The number of anilines is 2. The lowest BCUT2D eigenvalue weighted by molar-refractivity contribution is -0.147. The Morgan fingerprint density at radius 3 is 2.29 bits per heavy atom. The van der Waals surface area contributed by atoms with E-state index in [0.717, 1.165) is 0 Å². The van der Waals surface area contributed by atoms with Gasteiger partial charge in [0.15, 0.2) is 0 Å². The van der Waals surface area contributed by atoms with Crippen molar-refractivity contribution in [2.24, 2.45) is 0 Å². The maximum absolute atomic E-state index is 10.9. The molecule has 0 bridgehead atoms. The van der Waals surface area contributed by atoms with Crippen LogP contribution < -0.4 is 10.6 Å². The molecule has 1 aromatic carbocycles. The summed E-state index contributed by atoms with van der Waals surface area (Å²) in [5.41, 5.74) is 0.631. The van der Waals surface area contributed by atoms with Gasteiger partial charge in [-0.3, -0.25) is 10.1 Å². The monoisotopic (exact) mass is 238 g/mol. The molecule has 0 atom stereocenters. The number of carboxylic acids is 1. The molecule has 0 saturated heterocycles. The molecular weight excluding hydrogens is 228 g/mol. The molecule has 1 aromatic rings. The number of carbonyl (C=O) groups excluding carboxylic acids is 2. The smallest absolute Gasteiger partial charge is 0.411 e. The first-order valence-electron chi connectivity index (χ1n) is 4.52. The Bertz CT molecular complexity index is 458. The van der Waals surface area contributed by atoms with Crippen LogP contribution in [0.1, 0.15) is 0 Å². The molecule has 7 nitrogen and oxygen atoms in total. The zero-order chi connectivity index (χ0) is 12.8. The van der Waals surface area contributed by atoms with E-state index < -0.39 is 18.0 Å². The summed E-state index contributed by atoms with van der Waals surface area (Å²) in [5, 5.41) is 12.9. The Morgan fingerprint density at radius 2 is 1.76 bits per heavy atom. The number of ether oxygens (including phenoxy) is 1. The zero-order valence-electron chi connectivity index (χ0n) is 8.89. The Labute approximate surface area is 96.4 Å². The number of amides is 2. The van der Waals surface area contributed by atoms with E-state index in [9.17, 15) is 14.4 Å². The lowest BCUT2D eigenvalue weighted by Gasteiger charge is -2.06. The van der Waals surface area contributed by atoms with Crippen LogP contribution >= 0.6 is 0 Å². The molecule has 0 aliphatic carbocycles. The highest BCUT2D eigenvalue weighted by Gasteiger charge is 2.11. The van der Waals surface area contributed by atoms with Gasteiger partial charge in [0.25, 0.3) is 0 Å². The number of benzene rings is 1. The molecule has 90 valence electrons. The van der Waals surface area contributed by atoms with E-state index >= 15 is 0 Å². The molecule has 2 amide bonds. The van der Waals surface area contributed by atoms with E-state index in [-0.39, 0.29) is 5.69 Å². The molecule has 0 spiro atoms. The molecule has 0 fully saturated rings. The van der Waals surface area contributed by atoms with Crippen molar-refractivity contribution in [1.29, 1.82) is 0 Å². The second-order valence-corrected chi connectivity index (χ2v) is 2.96. The summed E-state index contributed by atoms with van der Waals surface area (Å²) < 4.78 is 4.38. The van der Waals surface area contributed by atoms with Crippen molar-refractivity contribution >= 4 is 29.3 Å². The highest BCUT2D eigenvalue weighted by atomic mass is 16.5. The predicted molar refractivity (Wildman–Crippen MR) is 58.7 cm³/mol. The fourth-order valence-corrected chi connectivity index (χ4v) is 1.03. The first-order valence-corrected chi connectivity index (χ1v) is 4.52. The van der Waals surface area contributed by atoms with Gasteiger partial charge in [0, 0.05) is 11.4 Å². The minimum atomic E-state index is -1.59. The topological polar surface area (TPSA) is 105 Å². The van der Waals surface area contributed by atoms with Crippen molar-refractivity contribution in [3.8, 4) is 0 Å². The quantitative estimate of drug-likeness (QED) is 0.663. The zero-order valence-corrected chi connectivity index (χ0v) is 8.89. The van der Waals surface area contributed by atoms with Crippen LogP contribution in [0.25, 0.3) is 0 Å². The molecule has 7 heteroatoms. The third-order valence-corrected chi connectivity index (χ3v) is 1.75. The molecule has 0 aliphatic rings. The average molecular weight is 238 g/mol. The lowest BCUT2D eigenvalue weighted by atomic mass is 10.2. The van der Waals surface area contributed by atoms with E-state index in [4.69, 9.17) is 5.11 Å². The van der Waals surface area contributed by atoms with Gasteiger partial charge in [0.1, 0.15) is 0 Å². The van der Waals surface area contributed by atoms with Crippen molar-refractivity contribution < 1.29 is 24.2 Å². The number of aliphatic carboxylic acids is 1. The standard InChI is InChI=1S/C10H10N2O5/c1-17-10(16)12-7-4-2-3-6(5-7)11-8(13)9(14)15/h2-5H,1H3,(H,11,13)(H,12,16)(H,14,15). The summed E-state index contributed by atoms with van der Waals surface area (Å²) in [7, 11) is 1.21. The number of carbonyl (C=O) groups is 3. The van der Waals surface area contributed by atoms with Gasteiger partial charge in [-0.05, 0) is 18.2 Å². The average Bonchev–Trinajstić information content (AvgIpc) is 2.29. The Kier molecular flexibility index (Phi) is 4.04. The van der Waals surface area contributed by atoms with E-state index in [0.29, 0.717) is 5.69 Å². The van der Waals surface area contributed by atoms with Crippen LogP contribution in [-0.4, -0.2) is 30.2 Å². The Balaban J connectivity index is 2.75. The molecule has 3 N–H and O–H groups in total. The van der Waals surface area contributed by atoms with Gasteiger partial charge in [-0.2, -0.15) is 0 Å². The summed E-state index contributed by atoms with van der Waals surface area (Å²) in [4.78, 5) is 32.1. The second-order valence-electron chi connectivity index (χ2n) is 2.96. The number of hydrogen-bond acceptors (Lipinski definition) is 4. The van der Waals surface area contributed by atoms with Crippen LogP contribution in [0, 0.1) is 0 Å². The normalized spacial score (nSPS) is 9.24. The van der Waals surface area contributed by atoms with Gasteiger partial charge < -0.3 is 15.2 Å². The molecule has 0 radical (unpaired) electrons. The van der Waals surface area contributed by atoms with Crippen LogP contribution in [-0.2, 0) is 14.3 Å². The van der Waals surface area contributed by atoms with Gasteiger partial charge in [0.05, 0.1) is 7.11 Å². The minimum absolute atomic E-state index is 0.256. The van der Waals surface area contributed by atoms with Crippen LogP contribution in [0.2, 0.25) is 0 Å².